The zero-order valence-electron chi connectivity index (χ0n) is 9.96. The summed E-state index contributed by atoms with van der Waals surface area (Å²) >= 11 is 0. The number of esters is 1. The van der Waals surface area contributed by atoms with E-state index in [1.165, 1.54) is 6.92 Å². The van der Waals surface area contributed by atoms with E-state index in [9.17, 15) is 9.59 Å². The zero-order valence-corrected chi connectivity index (χ0v) is 9.96. The Bertz CT molecular complexity index is 280. The minimum absolute atomic E-state index is 0.0244. The molecular weight excluding hydrogens is 194 g/mol. The fraction of sp³-hybridized carbons (Fsp3) is 0.818. The largest absolute Gasteiger partial charge is 0.441 e. The molecule has 15 heavy (non-hydrogen) atoms. The van der Waals surface area contributed by atoms with Crippen molar-refractivity contribution in [3.05, 3.63) is 0 Å². The van der Waals surface area contributed by atoms with E-state index >= 15 is 0 Å². The summed E-state index contributed by atoms with van der Waals surface area (Å²) in [7, 11) is 0. The molecular formula is C11H19NO3. The molecule has 1 amide bonds. The van der Waals surface area contributed by atoms with Gasteiger partial charge in [0, 0.05) is 6.92 Å². The highest BCUT2D eigenvalue weighted by molar-refractivity contribution is 5.86. The summed E-state index contributed by atoms with van der Waals surface area (Å²) in [5, 5.41) is 2.60. The van der Waals surface area contributed by atoms with Gasteiger partial charge in [0.05, 0.1) is 5.92 Å². The third kappa shape index (κ3) is 2.49. The van der Waals surface area contributed by atoms with E-state index in [0.717, 1.165) is 0 Å². The number of amides is 1. The summed E-state index contributed by atoms with van der Waals surface area (Å²) in [6.45, 7) is 9.60. The molecule has 1 aliphatic heterocycles. The fourth-order valence-electron chi connectivity index (χ4n) is 1.68. The van der Waals surface area contributed by atoms with Crippen LogP contribution in [0.2, 0.25) is 0 Å². The molecule has 0 spiro atoms. The van der Waals surface area contributed by atoms with Gasteiger partial charge in [-0.1, -0.05) is 27.7 Å². The molecule has 0 radical (unpaired) electrons. The van der Waals surface area contributed by atoms with Crippen LogP contribution >= 0.6 is 0 Å². The van der Waals surface area contributed by atoms with Crippen LogP contribution in [0.1, 0.15) is 34.6 Å². The van der Waals surface area contributed by atoms with E-state index in [2.05, 4.69) is 26.1 Å². The van der Waals surface area contributed by atoms with Gasteiger partial charge in [-0.15, -0.1) is 0 Å². The minimum atomic E-state index is -0.441. The van der Waals surface area contributed by atoms with Gasteiger partial charge < -0.3 is 10.1 Å². The molecule has 0 bridgehead atoms. The molecule has 0 aromatic rings. The minimum Gasteiger partial charge on any atom is -0.441 e. The lowest BCUT2D eigenvalue weighted by Crippen LogP contribution is -2.63. The van der Waals surface area contributed by atoms with Gasteiger partial charge >= 0.3 is 5.97 Å². The number of carbonyl (C=O) groups is 2. The molecule has 0 unspecified atom stereocenters. The van der Waals surface area contributed by atoms with Crippen molar-refractivity contribution in [1.29, 1.82) is 0 Å². The predicted octanol–water partition coefficient (Wildman–Crippen LogP) is 1.30. The van der Waals surface area contributed by atoms with Gasteiger partial charge in [0.1, 0.15) is 0 Å². The molecule has 0 aromatic carbocycles. The van der Waals surface area contributed by atoms with Crippen LogP contribution in [0.15, 0.2) is 0 Å². The summed E-state index contributed by atoms with van der Waals surface area (Å²) in [5.74, 6) is -0.417. The Labute approximate surface area is 90.4 Å². The average Bonchev–Trinajstić information content (AvgIpc) is 2.00. The van der Waals surface area contributed by atoms with Crippen LogP contribution < -0.4 is 5.32 Å². The van der Waals surface area contributed by atoms with E-state index in [1.54, 1.807) is 0 Å². The molecule has 1 heterocycles. The van der Waals surface area contributed by atoms with E-state index in [4.69, 9.17) is 4.74 Å². The number of ether oxygens (including phenoxy) is 1. The van der Waals surface area contributed by atoms with Crippen molar-refractivity contribution in [2.45, 2.75) is 40.8 Å². The zero-order chi connectivity index (χ0) is 11.8. The van der Waals surface area contributed by atoms with Crippen LogP contribution in [0.3, 0.4) is 0 Å². The van der Waals surface area contributed by atoms with Crippen LogP contribution in [0.4, 0.5) is 0 Å². The first kappa shape index (κ1) is 12.0. The number of hydrogen-bond acceptors (Lipinski definition) is 3. The lowest BCUT2D eigenvalue weighted by molar-refractivity contribution is -0.173. The fourth-order valence-corrected chi connectivity index (χ4v) is 1.68. The van der Waals surface area contributed by atoms with Crippen LogP contribution in [-0.2, 0) is 14.3 Å². The van der Waals surface area contributed by atoms with Crippen molar-refractivity contribution in [2.75, 3.05) is 0 Å². The molecule has 0 aliphatic carbocycles. The quantitative estimate of drug-likeness (QED) is 0.555. The number of rotatable bonds is 2. The molecule has 1 aliphatic rings. The van der Waals surface area contributed by atoms with E-state index < -0.39 is 6.23 Å². The molecule has 1 rings (SSSR count). The van der Waals surface area contributed by atoms with Crippen LogP contribution in [0, 0.1) is 17.3 Å². The maximum absolute atomic E-state index is 11.4. The first-order valence-corrected chi connectivity index (χ1v) is 5.21. The van der Waals surface area contributed by atoms with Crippen molar-refractivity contribution in [1.82, 2.24) is 5.32 Å². The Morgan fingerprint density at radius 3 is 2.33 bits per heavy atom. The third-order valence-corrected chi connectivity index (χ3v) is 3.11. The smallest absolute Gasteiger partial charge is 0.304 e. The van der Waals surface area contributed by atoms with Gasteiger partial charge in [-0.3, -0.25) is 9.59 Å². The van der Waals surface area contributed by atoms with Gasteiger partial charge in [0.15, 0.2) is 6.23 Å². The van der Waals surface area contributed by atoms with Gasteiger partial charge in [-0.2, -0.15) is 0 Å². The first-order chi connectivity index (χ1) is 6.73. The summed E-state index contributed by atoms with van der Waals surface area (Å²) in [4.78, 5) is 22.2. The first-order valence-electron chi connectivity index (χ1n) is 5.21. The Kier molecular flexibility index (Phi) is 3.07. The molecule has 4 heteroatoms. The third-order valence-electron chi connectivity index (χ3n) is 3.11. The normalized spacial score (nSPS) is 27.7. The summed E-state index contributed by atoms with van der Waals surface area (Å²) < 4.78 is 5.01. The van der Waals surface area contributed by atoms with E-state index in [1.807, 2.05) is 6.92 Å². The van der Waals surface area contributed by atoms with Crippen molar-refractivity contribution in [2.24, 2.45) is 17.3 Å². The Balaban J connectivity index is 2.67. The Morgan fingerprint density at radius 1 is 1.47 bits per heavy atom. The van der Waals surface area contributed by atoms with Gasteiger partial charge in [-0.25, -0.2) is 0 Å². The lowest BCUT2D eigenvalue weighted by Gasteiger charge is -2.43. The lowest BCUT2D eigenvalue weighted by atomic mass is 9.71. The van der Waals surface area contributed by atoms with E-state index in [-0.39, 0.29) is 29.1 Å². The number of β-lactam (4-membered cyclic amide) rings is 1. The van der Waals surface area contributed by atoms with Gasteiger partial charge in [0.2, 0.25) is 5.91 Å². The summed E-state index contributed by atoms with van der Waals surface area (Å²) in [5.41, 5.74) is 0.0286. The van der Waals surface area contributed by atoms with Gasteiger partial charge in [-0.05, 0) is 11.3 Å². The molecule has 86 valence electrons. The molecule has 1 saturated heterocycles. The van der Waals surface area contributed by atoms with Crippen LogP contribution in [-0.4, -0.2) is 18.1 Å². The maximum Gasteiger partial charge on any atom is 0.304 e. The Hall–Kier alpha value is -1.06. The Morgan fingerprint density at radius 2 is 2.00 bits per heavy atom. The standard InChI is InChI=1S/C11H19NO3/c1-6(11(3,4)5)8-9(14)12-10(8)15-7(2)13/h6,8,10H,1-5H3,(H,12,14)/t6-,8+,10-/m1/s1. The molecule has 4 nitrogen and oxygen atoms in total. The molecule has 0 saturated carbocycles. The van der Waals surface area contributed by atoms with Crippen molar-refractivity contribution in [3.8, 4) is 0 Å². The molecule has 1 fully saturated rings. The molecule has 0 aromatic heterocycles. The SMILES string of the molecule is CC(=O)O[C@H]1NC(=O)[C@@H]1[C@@H](C)C(C)(C)C. The highest BCUT2D eigenvalue weighted by Gasteiger charge is 2.48. The monoisotopic (exact) mass is 213 g/mol. The molecule has 3 atom stereocenters. The summed E-state index contributed by atoms with van der Waals surface area (Å²) in [6.07, 6.45) is -0.441. The van der Waals surface area contributed by atoms with Crippen LogP contribution in [0.5, 0.6) is 0 Å². The highest BCUT2D eigenvalue weighted by Crippen LogP contribution is 2.37. The predicted molar refractivity (Wildman–Crippen MR) is 55.8 cm³/mol. The highest BCUT2D eigenvalue weighted by atomic mass is 16.6. The average molecular weight is 213 g/mol. The van der Waals surface area contributed by atoms with Crippen molar-refractivity contribution in [3.63, 3.8) is 0 Å². The second kappa shape index (κ2) is 3.83. The second-order valence-electron chi connectivity index (χ2n) is 5.22. The number of nitrogens with one attached hydrogen (secondary N) is 1. The van der Waals surface area contributed by atoms with Crippen molar-refractivity contribution < 1.29 is 14.3 Å². The topological polar surface area (TPSA) is 55.4 Å². The maximum atomic E-state index is 11.4. The second-order valence-corrected chi connectivity index (χ2v) is 5.22. The van der Waals surface area contributed by atoms with Crippen molar-refractivity contribution >= 4 is 11.9 Å². The summed E-state index contributed by atoms with van der Waals surface area (Å²) in [6, 6.07) is 0. The van der Waals surface area contributed by atoms with Crippen LogP contribution in [0.25, 0.3) is 0 Å². The number of carbonyl (C=O) groups excluding carboxylic acids is 2. The van der Waals surface area contributed by atoms with Gasteiger partial charge in [0.25, 0.3) is 0 Å². The number of hydrogen-bond donors (Lipinski definition) is 1. The van der Waals surface area contributed by atoms with E-state index in [0.29, 0.717) is 0 Å². The molecule has 1 N–H and O–H groups in total.